The molecule has 1 aromatic carbocycles. The Kier molecular flexibility index (Phi) is 5.10. The maximum absolute atomic E-state index is 10.2. The van der Waals surface area contributed by atoms with Crippen molar-refractivity contribution in [3.8, 4) is 22.9 Å². The Morgan fingerprint density at radius 1 is 1.10 bits per heavy atom. The molecule has 1 saturated carbocycles. The second-order valence-electron chi connectivity index (χ2n) is 7.57. The van der Waals surface area contributed by atoms with Crippen LogP contribution in [0.1, 0.15) is 25.7 Å². The lowest BCUT2D eigenvalue weighted by atomic mass is 9.93. The van der Waals surface area contributed by atoms with Crippen LogP contribution in [0, 0.1) is 0 Å². The average Bonchev–Trinajstić information content (AvgIpc) is 3.35. The van der Waals surface area contributed by atoms with Gasteiger partial charge in [0.15, 0.2) is 5.13 Å². The van der Waals surface area contributed by atoms with Crippen LogP contribution in [0.3, 0.4) is 0 Å². The van der Waals surface area contributed by atoms with E-state index in [9.17, 15) is 5.11 Å². The molecule has 0 radical (unpaired) electrons. The number of hydrogen-bond acceptors (Lipinski definition) is 7. The highest BCUT2D eigenvalue weighted by molar-refractivity contribution is 7.22. The molecule has 0 spiro atoms. The van der Waals surface area contributed by atoms with Crippen LogP contribution in [0.5, 0.6) is 11.5 Å². The van der Waals surface area contributed by atoms with E-state index < -0.39 is 0 Å². The van der Waals surface area contributed by atoms with Gasteiger partial charge in [0, 0.05) is 31.6 Å². The number of aliphatic hydroxyl groups is 1. The normalized spacial score (nSPS) is 19.1. The molecule has 4 aromatic rings. The van der Waals surface area contributed by atoms with E-state index in [1.807, 2.05) is 43.4 Å². The first-order valence-corrected chi connectivity index (χ1v) is 10.9. The van der Waals surface area contributed by atoms with Crippen molar-refractivity contribution in [1.29, 1.82) is 0 Å². The van der Waals surface area contributed by atoms with Gasteiger partial charge in [0.25, 0.3) is 0 Å². The SMILES string of the molecule is Cn1nccc1-c1cc(Oc2ccc3nc(N[C@@H]4CCCC[C@H]4O)sc3c2)ccn1. The van der Waals surface area contributed by atoms with E-state index in [1.54, 1.807) is 28.4 Å². The van der Waals surface area contributed by atoms with Gasteiger partial charge in [0.1, 0.15) is 11.5 Å². The van der Waals surface area contributed by atoms with Gasteiger partial charge < -0.3 is 15.2 Å². The number of nitrogens with one attached hydrogen (secondary N) is 1. The molecule has 0 bridgehead atoms. The minimum atomic E-state index is -0.301. The lowest BCUT2D eigenvalue weighted by Crippen LogP contribution is -2.36. The molecule has 0 saturated heterocycles. The van der Waals surface area contributed by atoms with Gasteiger partial charge in [0.05, 0.1) is 33.8 Å². The molecule has 0 aliphatic heterocycles. The van der Waals surface area contributed by atoms with Crippen LogP contribution in [-0.4, -0.2) is 37.0 Å². The van der Waals surface area contributed by atoms with E-state index in [-0.39, 0.29) is 12.1 Å². The number of aryl methyl sites for hydroxylation is 1. The molecule has 30 heavy (non-hydrogen) atoms. The average molecular weight is 422 g/mol. The molecule has 2 N–H and O–H groups in total. The second kappa shape index (κ2) is 8.04. The van der Waals surface area contributed by atoms with Crippen molar-refractivity contribution in [1.82, 2.24) is 19.7 Å². The molecular formula is C22H23N5O2S. The Labute approximate surface area is 178 Å². The summed E-state index contributed by atoms with van der Waals surface area (Å²) in [7, 11) is 1.89. The summed E-state index contributed by atoms with van der Waals surface area (Å²) in [4.78, 5) is 9.09. The Bertz CT molecular complexity index is 1170. The fraction of sp³-hybridized carbons (Fsp3) is 0.318. The third-order valence-corrected chi connectivity index (χ3v) is 6.40. The number of benzene rings is 1. The predicted molar refractivity (Wildman–Crippen MR) is 118 cm³/mol. The number of hydrogen-bond donors (Lipinski definition) is 2. The Hall–Kier alpha value is -2.97. The lowest BCUT2D eigenvalue weighted by molar-refractivity contribution is 0.116. The third kappa shape index (κ3) is 3.88. The van der Waals surface area contributed by atoms with Crippen molar-refractivity contribution >= 4 is 26.7 Å². The maximum atomic E-state index is 10.2. The topological polar surface area (TPSA) is 85.1 Å². The molecule has 2 atom stereocenters. The van der Waals surface area contributed by atoms with Gasteiger partial charge in [-0.2, -0.15) is 5.10 Å². The minimum absolute atomic E-state index is 0.0808. The molecular weight excluding hydrogens is 398 g/mol. The quantitative estimate of drug-likeness (QED) is 0.490. The van der Waals surface area contributed by atoms with E-state index in [1.165, 1.54) is 0 Å². The standard InChI is InChI=1S/C22H23N5O2S/c1-27-19(9-11-24-27)18-12-15(8-10-23-18)29-14-6-7-17-21(13-14)30-22(26-17)25-16-4-2-3-5-20(16)28/h6-13,16,20,28H,2-5H2,1H3,(H,25,26)/t16-,20-/m1/s1. The van der Waals surface area contributed by atoms with E-state index in [0.29, 0.717) is 5.75 Å². The molecule has 3 heterocycles. The number of pyridine rings is 1. The van der Waals surface area contributed by atoms with Crippen molar-refractivity contribution in [3.05, 3.63) is 48.8 Å². The van der Waals surface area contributed by atoms with Gasteiger partial charge in [-0.3, -0.25) is 9.67 Å². The Morgan fingerprint density at radius 2 is 1.97 bits per heavy atom. The van der Waals surface area contributed by atoms with Crippen LogP contribution in [0.15, 0.2) is 48.8 Å². The molecule has 1 aliphatic rings. The molecule has 3 aromatic heterocycles. The highest BCUT2D eigenvalue weighted by atomic mass is 32.1. The summed E-state index contributed by atoms with van der Waals surface area (Å²) in [5, 5.41) is 18.7. The van der Waals surface area contributed by atoms with Crippen molar-refractivity contribution in [3.63, 3.8) is 0 Å². The van der Waals surface area contributed by atoms with Gasteiger partial charge in [-0.1, -0.05) is 24.2 Å². The molecule has 5 rings (SSSR count). The van der Waals surface area contributed by atoms with Crippen LogP contribution in [-0.2, 0) is 7.05 Å². The molecule has 8 heteroatoms. The monoisotopic (exact) mass is 421 g/mol. The van der Waals surface area contributed by atoms with Crippen molar-refractivity contribution in [2.75, 3.05) is 5.32 Å². The first kappa shape index (κ1) is 19.0. The van der Waals surface area contributed by atoms with E-state index in [0.717, 1.165) is 58.2 Å². The van der Waals surface area contributed by atoms with Crippen molar-refractivity contribution in [2.45, 2.75) is 37.8 Å². The fourth-order valence-electron chi connectivity index (χ4n) is 3.84. The van der Waals surface area contributed by atoms with Crippen molar-refractivity contribution in [2.24, 2.45) is 7.05 Å². The maximum Gasteiger partial charge on any atom is 0.184 e. The van der Waals surface area contributed by atoms with Gasteiger partial charge in [-0.15, -0.1) is 0 Å². The minimum Gasteiger partial charge on any atom is -0.457 e. The number of aliphatic hydroxyl groups excluding tert-OH is 1. The number of thiazole rings is 1. The van der Waals surface area contributed by atoms with E-state index >= 15 is 0 Å². The molecule has 0 unspecified atom stereocenters. The summed E-state index contributed by atoms with van der Waals surface area (Å²) in [6, 6.07) is 11.6. The fourth-order valence-corrected chi connectivity index (χ4v) is 4.80. The number of fused-ring (bicyclic) bond motifs is 1. The second-order valence-corrected chi connectivity index (χ2v) is 8.60. The number of ether oxygens (including phenoxy) is 1. The zero-order chi connectivity index (χ0) is 20.5. The molecule has 0 amide bonds. The molecule has 7 nitrogen and oxygen atoms in total. The van der Waals surface area contributed by atoms with Crippen LogP contribution >= 0.6 is 11.3 Å². The van der Waals surface area contributed by atoms with Crippen LogP contribution in [0.25, 0.3) is 21.6 Å². The summed E-state index contributed by atoms with van der Waals surface area (Å²) >= 11 is 1.58. The number of aromatic nitrogens is 4. The van der Waals surface area contributed by atoms with Gasteiger partial charge in [-0.05, 0) is 37.1 Å². The lowest BCUT2D eigenvalue weighted by Gasteiger charge is -2.27. The largest absolute Gasteiger partial charge is 0.457 e. The highest BCUT2D eigenvalue weighted by Crippen LogP contribution is 2.33. The summed E-state index contributed by atoms with van der Waals surface area (Å²) in [5.74, 6) is 1.46. The molecule has 154 valence electrons. The Balaban J connectivity index is 1.35. The highest BCUT2D eigenvalue weighted by Gasteiger charge is 2.23. The summed E-state index contributed by atoms with van der Waals surface area (Å²) in [6.07, 6.45) is 7.26. The first-order chi connectivity index (χ1) is 14.7. The number of anilines is 1. The van der Waals surface area contributed by atoms with Gasteiger partial charge in [0.2, 0.25) is 0 Å². The summed E-state index contributed by atoms with van der Waals surface area (Å²) < 4.78 is 8.92. The first-order valence-electron chi connectivity index (χ1n) is 10.1. The number of rotatable bonds is 5. The van der Waals surface area contributed by atoms with E-state index in [4.69, 9.17) is 4.74 Å². The predicted octanol–water partition coefficient (Wildman–Crippen LogP) is 4.60. The Morgan fingerprint density at radius 3 is 2.80 bits per heavy atom. The van der Waals surface area contributed by atoms with E-state index in [2.05, 4.69) is 20.4 Å². The van der Waals surface area contributed by atoms with Gasteiger partial charge in [-0.25, -0.2) is 4.98 Å². The zero-order valence-corrected chi connectivity index (χ0v) is 17.5. The molecule has 1 aliphatic carbocycles. The van der Waals surface area contributed by atoms with Crippen LogP contribution in [0.4, 0.5) is 5.13 Å². The van der Waals surface area contributed by atoms with Gasteiger partial charge >= 0.3 is 0 Å². The van der Waals surface area contributed by atoms with Crippen LogP contribution < -0.4 is 10.1 Å². The third-order valence-electron chi connectivity index (χ3n) is 5.45. The summed E-state index contributed by atoms with van der Waals surface area (Å²) in [6.45, 7) is 0. The number of nitrogens with zero attached hydrogens (tertiary/aromatic N) is 4. The summed E-state index contributed by atoms with van der Waals surface area (Å²) in [5.41, 5.74) is 2.66. The zero-order valence-electron chi connectivity index (χ0n) is 16.7. The van der Waals surface area contributed by atoms with Crippen molar-refractivity contribution < 1.29 is 9.84 Å². The smallest absolute Gasteiger partial charge is 0.184 e. The van der Waals surface area contributed by atoms with Crippen LogP contribution in [0.2, 0.25) is 0 Å². The molecule has 1 fully saturated rings.